The van der Waals surface area contributed by atoms with Crippen molar-refractivity contribution in [1.29, 1.82) is 0 Å². The van der Waals surface area contributed by atoms with Crippen molar-refractivity contribution in [2.24, 2.45) is 0 Å². The number of carbonyl (C=O) groups is 2. The number of nitrogens with zero attached hydrogens (tertiary/aromatic N) is 2. The molecule has 1 heterocycles. The first kappa shape index (κ1) is 27.1. The second kappa shape index (κ2) is 12.1. The maximum atomic E-state index is 13.4. The van der Waals surface area contributed by atoms with Crippen molar-refractivity contribution in [3.05, 3.63) is 109 Å². The van der Waals surface area contributed by atoms with Crippen LogP contribution in [0.5, 0.6) is 0 Å². The third kappa shape index (κ3) is 6.30. The molecule has 2 amide bonds. The fourth-order valence-corrected chi connectivity index (χ4v) is 4.34. The van der Waals surface area contributed by atoms with Crippen LogP contribution in [0.1, 0.15) is 18.4 Å². The molecule has 1 aromatic heterocycles. The monoisotopic (exact) mass is 556 g/mol. The predicted octanol–water partition coefficient (Wildman–Crippen LogP) is 4.34. The van der Waals surface area contributed by atoms with E-state index in [1.165, 1.54) is 16.7 Å². The standard InChI is InChI=1S/C27H23Cl2FN4O4/c28-20-8-3-1-6-17(20)15-31-24(35)10-5-13-33-26(37)19-7-2-4-9-23(19)34(27(33)38)16-25(36)32-18-11-12-22(30)21(29)14-18/h1-4,6-9,11-12,14H,5,10,13,15-16H2,(H,31,35)(H,32,36). The maximum absolute atomic E-state index is 13.4. The van der Waals surface area contributed by atoms with Crippen molar-refractivity contribution in [3.63, 3.8) is 0 Å². The molecule has 0 saturated carbocycles. The van der Waals surface area contributed by atoms with Gasteiger partial charge in [0.15, 0.2) is 0 Å². The molecular weight excluding hydrogens is 534 g/mol. The predicted molar refractivity (Wildman–Crippen MR) is 145 cm³/mol. The second-order valence-electron chi connectivity index (χ2n) is 8.49. The van der Waals surface area contributed by atoms with Crippen LogP contribution in [0, 0.1) is 5.82 Å². The first-order valence-electron chi connectivity index (χ1n) is 11.7. The number of amides is 2. The summed E-state index contributed by atoms with van der Waals surface area (Å²) in [7, 11) is 0. The molecule has 0 saturated heterocycles. The molecule has 0 radical (unpaired) electrons. The number of hydrogen-bond donors (Lipinski definition) is 2. The number of para-hydroxylation sites is 1. The van der Waals surface area contributed by atoms with Crippen LogP contribution in [0.25, 0.3) is 10.9 Å². The number of rotatable bonds is 9. The topological polar surface area (TPSA) is 102 Å². The minimum Gasteiger partial charge on any atom is -0.352 e. The van der Waals surface area contributed by atoms with Crippen molar-refractivity contribution < 1.29 is 14.0 Å². The number of carbonyl (C=O) groups excluding carboxylic acids is 2. The molecule has 0 spiro atoms. The average Bonchev–Trinajstić information content (AvgIpc) is 2.90. The molecule has 8 nitrogen and oxygen atoms in total. The summed E-state index contributed by atoms with van der Waals surface area (Å²) in [4.78, 5) is 51.4. The Labute approximate surface area is 226 Å². The van der Waals surface area contributed by atoms with Crippen LogP contribution in [-0.2, 0) is 29.2 Å². The van der Waals surface area contributed by atoms with E-state index >= 15 is 0 Å². The van der Waals surface area contributed by atoms with Crippen LogP contribution in [0.2, 0.25) is 10.0 Å². The van der Waals surface area contributed by atoms with E-state index in [4.69, 9.17) is 23.2 Å². The normalized spacial score (nSPS) is 10.9. The van der Waals surface area contributed by atoms with E-state index in [0.29, 0.717) is 10.5 Å². The van der Waals surface area contributed by atoms with Gasteiger partial charge < -0.3 is 10.6 Å². The lowest BCUT2D eigenvalue weighted by atomic mass is 10.2. The summed E-state index contributed by atoms with van der Waals surface area (Å²) in [5, 5.41) is 5.99. The van der Waals surface area contributed by atoms with Crippen LogP contribution in [-0.4, -0.2) is 20.9 Å². The molecule has 4 rings (SSSR count). The van der Waals surface area contributed by atoms with Gasteiger partial charge in [-0.1, -0.05) is 53.5 Å². The third-order valence-electron chi connectivity index (χ3n) is 5.86. The van der Waals surface area contributed by atoms with Crippen LogP contribution >= 0.6 is 23.2 Å². The van der Waals surface area contributed by atoms with Gasteiger partial charge in [-0.25, -0.2) is 9.18 Å². The molecule has 0 aliphatic heterocycles. The largest absolute Gasteiger partial charge is 0.352 e. The third-order valence-corrected chi connectivity index (χ3v) is 6.52. The fraction of sp³-hybridized carbons (Fsp3) is 0.185. The lowest BCUT2D eigenvalue weighted by Gasteiger charge is -2.14. The zero-order chi connectivity index (χ0) is 27.2. The number of aromatic nitrogens is 2. The van der Waals surface area contributed by atoms with E-state index in [1.807, 2.05) is 6.07 Å². The number of nitrogens with one attached hydrogen (secondary N) is 2. The Hall–Kier alpha value is -3.95. The number of hydrogen-bond acceptors (Lipinski definition) is 4. The van der Waals surface area contributed by atoms with E-state index < -0.39 is 29.5 Å². The number of anilines is 1. The number of benzene rings is 3. The van der Waals surface area contributed by atoms with Gasteiger partial charge in [-0.15, -0.1) is 0 Å². The molecule has 0 fully saturated rings. The Morgan fingerprint density at radius 2 is 1.61 bits per heavy atom. The van der Waals surface area contributed by atoms with E-state index in [9.17, 15) is 23.6 Å². The number of fused-ring (bicyclic) bond motifs is 1. The smallest absolute Gasteiger partial charge is 0.331 e. The molecule has 0 unspecified atom stereocenters. The van der Waals surface area contributed by atoms with E-state index in [2.05, 4.69) is 10.6 Å². The first-order valence-corrected chi connectivity index (χ1v) is 12.5. The summed E-state index contributed by atoms with van der Waals surface area (Å²) in [6.45, 7) is -0.153. The molecule has 4 aromatic rings. The Morgan fingerprint density at radius 1 is 0.868 bits per heavy atom. The van der Waals surface area contributed by atoms with Crippen molar-refractivity contribution >= 4 is 51.6 Å². The number of halogens is 3. The summed E-state index contributed by atoms with van der Waals surface area (Å²) < 4.78 is 15.6. The van der Waals surface area contributed by atoms with Crippen molar-refractivity contribution in [2.75, 3.05) is 5.32 Å². The Balaban J connectivity index is 1.49. The lowest BCUT2D eigenvalue weighted by molar-refractivity contribution is -0.121. The summed E-state index contributed by atoms with van der Waals surface area (Å²) in [6, 6.07) is 17.3. The minimum absolute atomic E-state index is 0.0167. The van der Waals surface area contributed by atoms with E-state index in [-0.39, 0.29) is 47.9 Å². The van der Waals surface area contributed by atoms with Crippen molar-refractivity contribution in [2.45, 2.75) is 32.5 Å². The molecule has 0 atom stereocenters. The quantitative estimate of drug-likeness (QED) is 0.320. The van der Waals surface area contributed by atoms with Crippen LogP contribution < -0.4 is 21.9 Å². The first-order chi connectivity index (χ1) is 18.2. The highest BCUT2D eigenvalue weighted by Gasteiger charge is 2.16. The zero-order valence-corrected chi connectivity index (χ0v) is 21.6. The van der Waals surface area contributed by atoms with Gasteiger partial charge in [-0.05, 0) is 48.4 Å². The van der Waals surface area contributed by atoms with E-state index in [1.54, 1.807) is 42.5 Å². The Bertz CT molecular complexity index is 1630. The molecule has 0 aliphatic rings. The van der Waals surface area contributed by atoms with Crippen molar-refractivity contribution in [1.82, 2.24) is 14.5 Å². The van der Waals surface area contributed by atoms with Crippen LogP contribution in [0.3, 0.4) is 0 Å². The molecule has 38 heavy (non-hydrogen) atoms. The van der Waals surface area contributed by atoms with Gasteiger partial charge in [0.25, 0.3) is 5.56 Å². The molecule has 0 aliphatic carbocycles. The van der Waals surface area contributed by atoms with E-state index in [0.717, 1.165) is 16.2 Å². The maximum Gasteiger partial charge on any atom is 0.331 e. The molecular formula is C27H23Cl2FN4O4. The summed E-state index contributed by atoms with van der Waals surface area (Å²) in [6.07, 6.45) is 0.303. The molecule has 11 heteroatoms. The summed E-state index contributed by atoms with van der Waals surface area (Å²) in [5.41, 5.74) is 0.136. The Morgan fingerprint density at radius 3 is 2.37 bits per heavy atom. The van der Waals surface area contributed by atoms with Gasteiger partial charge in [-0.2, -0.15) is 0 Å². The summed E-state index contributed by atoms with van der Waals surface area (Å²) in [5.74, 6) is -1.45. The zero-order valence-electron chi connectivity index (χ0n) is 20.0. The highest BCUT2D eigenvalue weighted by Crippen LogP contribution is 2.19. The second-order valence-corrected chi connectivity index (χ2v) is 9.31. The highest BCUT2D eigenvalue weighted by atomic mass is 35.5. The van der Waals surface area contributed by atoms with Crippen molar-refractivity contribution in [3.8, 4) is 0 Å². The summed E-state index contributed by atoms with van der Waals surface area (Å²) >= 11 is 11.9. The minimum atomic E-state index is -0.683. The SMILES string of the molecule is O=C(CCCn1c(=O)c2ccccc2n(CC(=O)Nc2ccc(F)c(Cl)c2)c1=O)NCc1ccccc1Cl. The Kier molecular flexibility index (Phi) is 8.60. The van der Waals surface area contributed by atoms with Gasteiger partial charge in [-0.3, -0.25) is 23.5 Å². The lowest BCUT2D eigenvalue weighted by Crippen LogP contribution is -2.42. The van der Waals surface area contributed by atoms with Gasteiger partial charge in [0, 0.05) is 30.2 Å². The molecule has 3 aromatic carbocycles. The van der Waals surface area contributed by atoms with Crippen LogP contribution in [0.4, 0.5) is 10.1 Å². The van der Waals surface area contributed by atoms with Gasteiger partial charge in [0.1, 0.15) is 12.4 Å². The highest BCUT2D eigenvalue weighted by molar-refractivity contribution is 6.31. The fourth-order valence-electron chi connectivity index (χ4n) is 3.96. The van der Waals surface area contributed by atoms with Gasteiger partial charge >= 0.3 is 5.69 Å². The van der Waals surface area contributed by atoms with Crippen LogP contribution in [0.15, 0.2) is 76.3 Å². The molecule has 2 N–H and O–H groups in total. The van der Waals surface area contributed by atoms with Gasteiger partial charge in [0.05, 0.1) is 15.9 Å². The average molecular weight is 557 g/mol. The molecule has 0 bridgehead atoms. The molecule has 196 valence electrons. The van der Waals surface area contributed by atoms with Gasteiger partial charge in [0.2, 0.25) is 11.8 Å².